The number of nitrogens with zero attached hydrogens (tertiary/aromatic N) is 7. The molecule has 1 atom stereocenters. The van der Waals surface area contributed by atoms with E-state index >= 15 is 0 Å². The molecule has 2 N–H and O–H groups in total. The van der Waals surface area contributed by atoms with Gasteiger partial charge in [-0.15, -0.1) is 0 Å². The summed E-state index contributed by atoms with van der Waals surface area (Å²) in [5, 5.41) is 3.78. The second-order valence-electron chi connectivity index (χ2n) is 11.1. The Labute approximate surface area is 287 Å². The van der Waals surface area contributed by atoms with Crippen molar-refractivity contribution in [2.45, 2.75) is 4.90 Å². The van der Waals surface area contributed by atoms with Gasteiger partial charge in [0.2, 0.25) is 16.0 Å². The first-order chi connectivity index (χ1) is 23.4. The van der Waals surface area contributed by atoms with Gasteiger partial charge in [0.15, 0.2) is 16.1 Å². The standard InChI is InChI=1S/C31H30F3N9O3S3/c1-41(2)31-39-27(19-7-9-21(32)25(17-19)40-48(44)29-22(33)5-4-6-23(29)34)28(47-31)24-11-12-35-30(38-24)37-20-8-10-26(36-18-20)42-13-15-43(16-14-42)49(3,45)46/h4-12,17-18,40H,13-16H2,1-3H3,(H,35,37,38). The molecule has 3 aromatic heterocycles. The van der Waals surface area contributed by atoms with Crippen molar-refractivity contribution < 1.29 is 25.8 Å². The summed E-state index contributed by atoms with van der Waals surface area (Å²) in [4.78, 5) is 22.1. The zero-order valence-electron chi connectivity index (χ0n) is 26.4. The Morgan fingerprint density at radius 1 is 0.918 bits per heavy atom. The van der Waals surface area contributed by atoms with Crippen molar-refractivity contribution in [1.82, 2.24) is 24.2 Å². The minimum absolute atomic E-state index is 0.234. The van der Waals surface area contributed by atoms with E-state index in [2.05, 4.69) is 20.0 Å². The molecule has 0 aliphatic carbocycles. The summed E-state index contributed by atoms with van der Waals surface area (Å²) in [6.07, 6.45) is 4.43. The predicted octanol–water partition coefficient (Wildman–Crippen LogP) is 5.11. The summed E-state index contributed by atoms with van der Waals surface area (Å²) >= 11 is 1.34. The number of rotatable bonds is 10. The number of benzene rings is 2. The summed E-state index contributed by atoms with van der Waals surface area (Å²) in [5.74, 6) is -1.82. The predicted molar refractivity (Wildman–Crippen MR) is 185 cm³/mol. The van der Waals surface area contributed by atoms with Crippen molar-refractivity contribution in [3.63, 3.8) is 0 Å². The maximum absolute atomic E-state index is 14.9. The van der Waals surface area contributed by atoms with Gasteiger partial charge in [-0.2, -0.15) is 4.31 Å². The monoisotopic (exact) mass is 729 g/mol. The molecule has 6 rings (SSSR count). The minimum Gasteiger partial charge on any atom is -0.354 e. The molecule has 0 bridgehead atoms. The highest BCUT2D eigenvalue weighted by Gasteiger charge is 2.24. The van der Waals surface area contributed by atoms with Crippen molar-refractivity contribution in [3.8, 4) is 21.8 Å². The molecule has 1 aliphatic rings. The number of halogens is 3. The van der Waals surface area contributed by atoms with Gasteiger partial charge in [0.05, 0.1) is 40.1 Å². The van der Waals surface area contributed by atoms with Gasteiger partial charge < -0.3 is 15.1 Å². The van der Waals surface area contributed by atoms with Crippen LogP contribution in [-0.4, -0.2) is 83.4 Å². The minimum atomic E-state index is -3.23. The van der Waals surface area contributed by atoms with Gasteiger partial charge in [-0.1, -0.05) is 17.4 Å². The highest BCUT2D eigenvalue weighted by molar-refractivity contribution is 7.88. The van der Waals surface area contributed by atoms with Crippen LogP contribution in [0.5, 0.6) is 0 Å². The highest BCUT2D eigenvalue weighted by atomic mass is 32.2. The highest BCUT2D eigenvalue weighted by Crippen LogP contribution is 2.40. The van der Waals surface area contributed by atoms with E-state index in [0.29, 0.717) is 58.8 Å². The van der Waals surface area contributed by atoms with Crippen LogP contribution < -0.4 is 19.8 Å². The molecule has 4 heterocycles. The van der Waals surface area contributed by atoms with E-state index in [-0.39, 0.29) is 11.6 Å². The van der Waals surface area contributed by atoms with Crippen molar-refractivity contribution in [1.29, 1.82) is 0 Å². The lowest BCUT2D eigenvalue weighted by molar-refractivity contribution is 0.387. The van der Waals surface area contributed by atoms with Crippen LogP contribution in [-0.2, 0) is 21.0 Å². The van der Waals surface area contributed by atoms with Gasteiger partial charge in [0.25, 0.3) is 0 Å². The van der Waals surface area contributed by atoms with E-state index in [9.17, 15) is 25.8 Å². The number of hydrogen-bond donors (Lipinski definition) is 2. The van der Waals surface area contributed by atoms with E-state index in [1.807, 2.05) is 36.0 Å². The van der Waals surface area contributed by atoms with Crippen molar-refractivity contribution in [2.24, 2.45) is 0 Å². The summed E-state index contributed by atoms with van der Waals surface area (Å²) in [6, 6.07) is 12.5. The number of thiazole rings is 1. The Morgan fingerprint density at radius 3 is 2.31 bits per heavy atom. The maximum atomic E-state index is 14.9. The lowest BCUT2D eigenvalue weighted by atomic mass is 10.1. The van der Waals surface area contributed by atoms with Crippen LogP contribution in [0.2, 0.25) is 0 Å². The molecule has 0 amide bonds. The molecule has 1 saturated heterocycles. The van der Waals surface area contributed by atoms with Crippen LogP contribution in [0.4, 0.5) is 41.4 Å². The third-order valence-electron chi connectivity index (χ3n) is 7.47. The Kier molecular flexibility index (Phi) is 9.82. The van der Waals surface area contributed by atoms with E-state index in [1.165, 1.54) is 34.0 Å². The molecular formula is C31H30F3N9O3S3. The average Bonchev–Trinajstić information content (AvgIpc) is 3.52. The number of anilines is 5. The third kappa shape index (κ3) is 7.66. The normalized spacial score (nSPS) is 14.4. The van der Waals surface area contributed by atoms with Crippen LogP contribution in [0.15, 0.2) is 71.9 Å². The van der Waals surface area contributed by atoms with Crippen LogP contribution >= 0.6 is 11.3 Å². The topological polar surface area (TPSA) is 137 Å². The number of hydrogen-bond acceptors (Lipinski definition) is 11. The molecular weight excluding hydrogens is 700 g/mol. The fourth-order valence-electron chi connectivity index (χ4n) is 5.00. The second kappa shape index (κ2) is 14.1. The first-order valence-electron chi connectivity index (χ1n) is 14.7. The van der Waals surface area contributed by atoms with Gasteiger partial charge in [-0.3, -0.25) is 4.72 Å². The summed E-state index contributed by atoms with van der Waals surface area (Å²) < 4.78 is 83.8. The van der Waals surface area contributed by atoms with E-state index < -0.39 is 43.4 Å². The van der Waals surface area contributed by atoms with E-state index in [4.69, 9.17) is 9.97 Å². The van der Waals surface area contributed by atoms with Gasteiger partial charge in [-0.05, 0) is 48.5 Å². The molecule has 0 saturated carbocycles. The number of aromatic nitrogens is 4. The molecule has 18 heteroatoms. The molecule has 1 unspecified atom stereocenters. The van der Waals surface area contributed by atoms with Crippen molar-refractivity contribution in [3.05, 3.63) is 84.4 Å². The van der Waals surface area contributed by atoms with Crippen LogP contribution in [0, 0.1) is 17.5 Å². The summed E-state index contributed by atoms with van der Waals surface area (Å²) in [7, 11) is -2.02. The molecule has 1 aliphatic heterocycles. The molecule has 2 aromatic carbocycles. The first kappa shape index (κ1) is 34.2. The van der Waals surface area contributed by atoms with Gasteiger partial charge in [0, 0.05) is 52.0 Å². The van der Waals surface area contributed by atoms with Crippen LogP contribution in [0.3, 0.4) is 0 Å². The zero-order valence-corrected chi connectivity index (χ0v) is 28.8. The first-order valence-corrected chi connectivity index (χ1v) is 18.6. The molecule has 0 spiro atoms. The Morgan fingerprint density at radius 2 is 1.65 bits per heavy atom. The van der Waals surface area contributed by atoms with Crippen molar-refractivity contribution >= 4 is 60.6 Å². The molecule has 49 heavy (non-hydrogen) atoms. The summed E-state index contributed by atoms with van der Waals surface area (Å²) in [6.45, 7) is 1.83. The van der Waals surface area contributed by atoms with Crippen molar-refractivity contribution in [2.75, 3.05) is 66.4 Å². The summed E-state index contributed by atoms with van der Waals surface area (Å²) in [5.41, 5.74) is 1.80. The molecule has 256 valence electrons. The zero-order chi connectivity index (χ0) is 34.9. The molecule has 5 aromatic rings. The molecule has 1 fully saturated rings. The van der Waals surface area contributed by atoms with Gasteiger partial charge in [0.1, 0.15) is 28.2 Å². The Hall–Kier alpha value is -4.65. The van der Waals surface area contributed by atoms with Gasteiger partial charge in [-0.25, -0.2) is 45.7 Å². The quantitative estimate of drug-likeness (QED) is 0.200. The number of piperazine rings is 1. The average molecular weight is 730 g/mol. The smallest absolute Gasteiger partial charge is 0.227 e. The largest absolute Gasteiger partial charge is 0.354 e. The number of nitrogens with one attached hydrogen (secondary N) is 2. The fourth-order valence-corrected chi connectivity index (χ4v) is 7.76. The second-order valence-corrected chi connectivity index (χ2v) is 15.2. The Bertz CT molecular complexity index is 2110. The number of sulfonamides is 1. The lowest BCUT2D eigenvalue weighted by Crippen LogP contribution is -2.48. The van der Waals surface area contributed by atoms with E-state index in [0.717, 1.165) is 30.1 Å². The van der Waals surface area contributed by atoms with Crippen LogP contribution in [0.1, 0.15) is 0 Å². The van der Waals surface area contributed by atoms with Gasteiger partial charge >= 0.3 is 0 Å². The SMILES string of the molecule is CN(C)c1nc(-c2ccc(F)c(NS(=O)c3c(F)cccc3F)c2)c(-c2ccnc(Nc3ccc(N4CCN(S(C)(=O)=O)CC4)nc3)n2)s1. The van der Waals surface area contributed by atoms with E-state index in [1.54, 1.807) is 18.5 Å². The molecule has 0 radical (unpaired) electrons. The third-order valence-corrected chi connectivity index (χ3v) is 11.2. The van der Waals surface area contributed by atoms with Crippen LogP contribution in [0.25, 0.3) is 21.8 Å². The Balaban J connectivity index is 1.24. The fraction of sp³-hybridized carbons (Fsp3) is 0.226. The maximum Gasteiger partial charge on any atom is 0.227 e. The lowest BCUT2D eigenvalue weighted by Gasteiger charge is -2.33. The molecule has 12 nitrogen and oxygen atoms in total. The number of pyridine rings is 1.